The molecular formula is C26H29Cl2NO2. The van der Waals surface area contributed by atoms with E-state index in [0.29, 0.717) is 28.0 Å². The molecule has 0 spiro atoms. The zero-order chi connectivity index (χ0) is 23.1. The predicted molar refractivity (Wildman–Crippen MR) is 129 cm³/mol. The number of halogens is 2. The van der Waals surface area contributed by atoms with Crippen molar-refractivity contribution in [2.75, 3.05) is 0 Å². The van der Waals surface area contributed by atoms with Crippen molar-refractivity contribution in [3.05, 3.63) is 86.7 Å². The van der Waals surface area contributed by atoms with Crippen LogP contribution in [0.3, 0.4) is 0 Å². The fraction of sp³-hybridized carbons (Fsp3) is 0.346. The summed E-state index contributed by atoms with van der Waals surface area (Å²) in [6.45, 7) is 12.6. The van der Waals surface area contributed by atoms with Gasteiger partial charge >= 0.3 is 0 Å². The number of phenols is 1. The van der Waals surface area contributed by atoms with Crippen LogP contribution in [-0.2, 0) is 17.4 Å². The topological polar surface area (TPSA) is 42.2 Å². The molecule has 3 rings (SSSR count). The quantitative estimate of drug-likeness (QED) is 0.415. The molecule has 2 aromatic carbocycles. The van der Waals surface area contributed by atoms with E-state index in [2.05, 4.69) is 0 Å². The van der Waals surface area contributed by atoms with Crippen molar-refractivity contribution in [2.24, 2.45) is 0 Å². The van der Waals surface area contributed by atoms with Gasteiger partial charge in [-0.2, -0.15) is 0 Å². The Morgan fingerprint density at radius 1 is 0.903 bits per heavy atom. The third kappa shape index (κ3) is 4.83. The molecule has 0 radical (unpaired) electrons. The number of benzene rings is 2. The molecule has 0 aliphatic carbocycles. The molecule has 0 unspecified atom stereocenters. The Bertz CT molecular complexity index is 1080. The van der Waals surface area contributed by atoms with E-state index in [4.69, 9.17) is 23.2 Å². The molecule has 0 bridgehead atoms. The molecule has 1 N–H and O–H groups in total. The Balaban J connectivity index is 2.10. The van der Waals surface area contributed by atoms with Crippen molar-refractivity contribution >= 4 is 29.0 Å². The lowest BCUT2D eigenvalue weighted by Crippen LogP contribution is -2.19. The highest BCUT2D eigenvalue weighted by Crippen LogP contribution is 2.40. The molecule has 0 aliphatic heterocycles. The molecule has 0 saturated heterocycles. The van der Waals surface area contributed by atoms with Crippen molar-refractivity contribution in [3.63, 3.8) is 0 Å². The Morgan fingerprint density at radius 3 is 1.90 bits per heavy atom. The molecule has 164 valence electrons. The van der Waals surface area contributed by atoms with Crippen molar-refractivity contribution in [3.8, 4) is 5.75 Å². The molecule has 5 heteroatoms. The second kappa shape index (κ2) is 8.37. The summed E-state index contributed by atoms with van der Waals surface area (Å²) in [5.74, 6) is 0.0250. The van der Waals surface area contributed by atoms with Crippen molar-refractivity contribution in [1.82, 2.24) is 4.57 Å². The minimum atomic E-state index is -0.332. The highest BCUT2D eigenvalue weighted by molar-refractivity contribution is 6.37. The van der Waals surface area contributed by atoms with Gasteiger partial charge in [0, 0.05) is 23.2 Å². The van der Waals surface area contributed by atoms with Gasteiger partial charge in [0.1, 0.15) is 16.1 Å². The molecule has 0 aliphatic rings. The van der Waals surface area contributed by atoms with E-state index in [1.165, 1.54) is 0 Å². The number of hydrogen-bond donors (Lipinski definition) is 1. The fourth-order valence-electron chi connectivity index (χ4n) is 3.63. The molecule has 3 nitrogen and oxygen atoms in total. The van der Waals surface area contributed by atoms with Crippen LogP contribution in [0.2, 0.25) is 10.3 Å². The van der Waals surface area contributed by atoms with E-state index in [1.54, 1.807) is 22.8 Å². The molecule has 1 aromatic heterocycles. The summed E-state index contributed by atoms with van der Waals surface area (Å²) in [5.41, 5.74) is 2.68. The summed E-state index contributed by atoms with van der Waals surface area (Å²) < 4.78 is 1.72. The van der Waals surface area contributed by atoms with Gasteiger partial charge in [-0.3, -0.25) is 4.79 Å². The molecule has 31 heavy (non-hydrogen) atoms. The standard InChI is InChI=1S/C26H29Cl2NO2/c1-25(2,3)19-12-17(13-20(23(19)31)26(4,5)6)22(30)18-14-21(27)29(24(18)28)15-16-10-8-7-9-11-16/h7-14,31H,15H2,1-6H3. The first-order valence-corrected chi connectivity index (χ1v) is 11.1. The van der Waals surface area contributed by atoms with Crippen LogP contribution >= 0.6 is 23.2 Å². The average molecular weight is 458 g/mol. The summed E-state index contributed by atoms with van der Waals surface area (Å²) in [6, 6.07) is 15.0. The zero-order valence-corrected chi connectivity index (χ0v) is 20.4. The molecule has 0 amide bonds. The molecule has 0 atom stereocenters. The second-order valence-corrected chi connectivity index (χ2v) is 10.7. The number of carbonyl (C=O) groups excluding carboxylic acids is 1. The Kier molecular flexibility index (Phi) is 6.32. The zero-order valence-electron chi connectivity index (χ0n) is 18.9. The first-order valence-electron chi connectivity index (χ1n) is 10.3. The van der Waals surface area contributed by atoms with Gasteiger partial charge in [-0.25, -0.2) is 0 Å². The van der Waals surface area contributed by atoms with Crippen molar-refractivity contribution in [2.45, 2.75) is 58.9 Å². The van der Waals surface area contributed by atoms with Gasteiger partial charge in [0.05, 0.1) is 5.56 Å². The van der Waals surface area contributed by atoms with Gasteiger partial charge in [0.2, 0.25) is 0 Å². The number of aromatic hydroxyl groups is 1. The molecule has 0 fully saturated rings. The maximum atomic E-state index is 13.5. The summed E-state index contributed by atoms with van der Waals surface area (Å²) in [7, 11) is 0. The third-order valence-electron chi connectivity index (χ3n) is 5.40. The predicted octanol–water partition coefficient (Wildman–Crippen LogP) is 7.37. The molecular weight excluding hydrogens is 429 g/mol. The third-order valence-corrected chi connectivity index (χ3v) is 6.12. The van der Waals surface area contributed by atoms with E-state index in [1.807, 2.05) is 71.9 Å². The van der Waals surface area contributed by atoms with Crippen LogP contribution in [0.25, 0.3) is 0 Å². The van der Waals surface area contributed by atoms with Gasteiger partial charge in [0.25, 0.3) is 0 Å². The normalized spacial score (nSPS) is 12.3. The maximum Gasteiger partial charge on any atom is 0.196 e. The monoisotopic (exact) mass is 457 g/mol. The fourth-order valence-corrected chi connectivity index (χ4v) is 4.22. The van der Waals surface area contributed by atoms with Gasteiger partial charge < -0.3 is 9.67 Å². The summed E-state index contributed by atoms with van der Waals surface area (Å²) in [6.07, 6.45) is 0. The van der Waals surface area contributed by atoms with Gasteiger partial charge in [-0.15, -0.1) is 0 Å². The van der Waals surface area contributed by atoms with E-state index in [-0.39, 0.29) is 22.4 Å². The number of hydrogen-bond acceptors (Lipinski definition) is 2. The van der Waals surface area contributed by atoms with E-state index in [9.17, 15) is 9.90 Å². The minimum absolute atomic E-state index is 0.213. The number of ketones is 1. The summed E-state index contributed by atoms with van der Waals surface area (Å²) in [4.78, 5) is 13.5. The minimum Gasteiger partial charge on any atom is -0.507 e. The van der Waals surface area contributed by atoms with Crippen LogP contribution < -0.4 is 0 Å². The number of aromatic nitrogens is 1. The lowest BCUT2D eigenvalue weighted by Gasteiger charge is -2.28. The number of carbonyl (C=O) groups is 1. The van der Waals surface area contributed by atoms with Crippen LogP contribution in [0.4, 0.5) is 0 Å². The van der Waals surface area contributed by atoms with Gasteiger partial charge in [-0.1, -0.05) is 95.1 Å². The van der Waals surface area contributed by atoms with Gasteiger partial charge in [0.15, 0.2) is 5.78 Å². The Labute approximate surface area is 194 Å². The lowest BCUT2D eigenvalue weighted by molar-refractivity contribution is 0.103. The average Bonchev–Trinajstić information content (AvgIpc) is 2.95. The SMILES string of the molecule is CC(C)(C)c1cc(C(=O)c2cc(Cl)n(Cc3ccccc3)c2Cl)cc(C(C)(C)C)c1O. The molecule has 3 aromatic rings. The second-order valence-electron chi connectivity index (χ2n) is 9.99. The van der Waals surface area contributed by atoms with Gasteiger partial charge in [-0.05, 0) is 34.6 Å². The number of nitrogens with zero attached hydrogens (tertiary/aromatic N) is 1. The first-order chi connectivity index (χ1) is 14.3. The smallest absolute Gasteiger partial charge is 0.196 e. The van der Waals surface area contributed by atoms with Crippen LogP contribution in [-0.4, -0.2) is 15.5 Å². The van der Waals surface area contributed by atoms with E-state index in [0.717, 1.165) is 16.7 Å². The highest BCUT2D eigenvalue weighted by Gasteiger charge is 2.29. The van der Waals surface area contributed by atoms with Crippen molar-refractivity contribution < 1.29 is 9.90 Å². The maximum absolute atomic E-state index is 13.5. The number of rotatable bonds is 4. The van der Waals surface area contributed by atoms with Crippen molar-refractivity contribution in [1.29, 1.82) is 0 Å². The number of phenolic OH excluding ortho intramolecular Hbond substituents is 1. The molecule has 0 saturated carbocycles. The summed E-state index contributed by atoms with van der Waals surface area (Å²) in [5, 5.41) is 11.7. The summed E-state index contributed by atoms with van der Waals surface area (Å²) >= 11 is 13.1. The lowest BCUT2D eigenvalue weighted by atomic mass is 9.78. The van der Waals surface area contributed by atoms with Crippen LogP contribution in [0, 0.1) is 0 Å². The Morgan fingerprint density at radius 2 is 1.42 bits per heavy atom. The van der Waals surface area contributed by atoms with Crippen LogP contribution in [0.1, 0.15) is 74.2 Å². The first kappa shape index (κ1) is 23.4. The largest absolute Gasteiger partial charge is 0.507 e. The van der Waals surface area contributed by atoms with E-state index >= 15 is 0 Å². The molecule has 1 heterocycles. The Hall–Kier alpha value is -2.23. The van der Waals surface area contributed by atoms with Crippen LogP contribution in [0.5, 0.6) is 5.75 Å². The van der Waals surface area contributed by atoms with E-state index < -0.39 is 0 Å². The highest BCUT2D eigenvalue weighted by atomic mass is 35.5. The van der Waals surface area contributed by atoms with Crippen LogP contribution in [0.15, 0.2) is 48.5 Å².